The number of halogens is 1. The van der Waals surface area contributed by atoms with Crippen molar-refractivity contribution in [3.63, 3.8) is 0 Å². The Morgan fingerprint density at radius 1 is 1.27 bits per heavy atom. The second-order valence-corrected chi connectivity index (χ2v) is 3.10. The van der Waals surface area contributed by atoms with Crippen molar-refractivity contribution in [3.8, 4) is 0 Å². The molecule has 1 fully saturated rings. The van der Waals surface area contributed by atoms with E-state index in [1.54, 1.807) is 0 Å². The van der Waals surface area contributed by atoms with Gasteiger partial charge >= 0.3 is 0 Å². The second kappa shape index (κ2) is 5.53. The zero-order valence-corrected chi connectivity index (χ0v) is 7.81. The van der Waals surface area contributed by atoms with Gasteiger partial charge in [0.15, 0.2) is 0 Å². The first kappa shape index (κ1) is 10.9. The Labute approximate surface area is 69.2 Å². The van der Waals surface area contributed by atoms with E-state index in [0.717, 1.165) is 12.8 Å². The van der Waals surface area contributed by atoms with Gasteiger partial charge in [-0.25, -0.2) is 4.39 Å². The Bertz CT molecular complexity index is 95.6. The molecule has 0 aromatic carbocycles. The van der Waals surface area contributed by atoms with E-state index in [4.69, 9.17) is 5.73 Å². The first-order valence-electron chi connectivity index (χ1n) is 4.60. The van der Waals surface area contributed by atoms with Gasteiger partial charge in [0.2, 0.25) is 0 Å². The highest BCUT2D eigenvalue weighted by atomic mass is 19.1. The summed E-state index contributed by atoms with van der Waals surface area (Å²) in [5.41, 5.74) is 5.47. The number of nitrogens with two attached hydrogens (primary N) is 1. The minimum atomic E-state index is -0.742. The van der Waals surface area contributed by atoms with Crippen LogP contribution in [0.5, 0.6) is 0 Å². The second-order valence-electron chi connectivity index (χ2n) is 3.10. The fourth-order valence-corrected chi connectivity index (χ4v) is 1.33. The average Bonchev–Trinajstić information content (AvgIpc) is 2.02. The maximum atomic E-state index is 12.7. The lowest BCUT2D eigenvalue weighted by Gasteiger charge is -2.26. The van der Waals surface area contributed by atoms with Gasteiger partial charge in [0.1, 0.15) is 6.17 Å². The molecule has 2 heteroatoms. The number of alkyl halides is 1. The fraction of sp³-hybridized carbons (Fsp3) is 1.00. The molecule has 0 aliphatic heterocycles. The van der Waals surface area contributed by atoms with Crippen LogP contribution < -0.4 is 5.73 Å². The van der Waals surface area contributed by atoms with Crippen LogP contribution in [-0.2, 0) is 0 Å². The van der Waals surface area contributed by atoms with Gasteiger partial charge in [-0.3, -0.25) is 0 Å². The molecule has 1 nitrogen and oxygen atoms in total. The van der Waals surface area contributed by atoms with Gasteiger partial charge in [-0.1, -0.05) is 20.8 Å². The lowest BCUT2D eigenvalue weighted by atomic mass is 9.86. The van der Waals surface area contributed by atoms with Crippen LogP contribution >= 0.6 is 0 Å². The van der Waals surface area contributed by atoms with Crippen LogP contribution in [-0.4, -0.2) is 12.2 Å². The average molecular weight is 161 g/mol. The van der Waals surface area contributed by atoms with Gasteiger partial charge in [-0.05, 0) is 25.2 Å². The topological polar surface area (TPSA) is 26.0 Å². The SMILES string of the molecule is CC.CC1CCC(N)[C@H](F)C1. The third kappa shape index (κ3) is 3.71. The molecule has 1 aliphatic carbocycles. The molecular formula is C9H20FN. The molecule has 0 saturated heterocycles. The summed E-state index contributed by atoms with van der Waals surface area (Å²) in [6.45, 7) is 6.08. The number of rotatable bonds is 0. The summed E-state index contributed by atoms with van der Waals surface area (Å²) in [5.74, 6) is 0.541. The van der Waals surface area contributed by atoms with Crippen molar-refractivity contribution in [2.75, 3.05) is 0 Å². The van der Waals surface area contributed by atoms with Gasteiger partial charge < -0.3 is 5.73 Å². The van der Waals surface area contributed by atoms with Gasteiger partial charge in [-0.15, -0.1) is 0 Å². The Kier molecular flexibility index (Phi) is 5.47. The standard InChI is InChI=1S/C7H14FN.C2H6/c1-5-2-3-7(9)6(8)4-5;1-2/h5-7H,2-4,9H2,1H3;1-2H3/t5?,6-,7?;/m1./s1. The van der Waals surface area contributed by atoms with E-state index in [0.29, 0.717) is 12.3 Å². The van der Waals surface area contributed by atoms with Crippen LogP contribution in [0.2, 0.25) is 0 Å². The van der Waals surface area contributed by atoms with E-state index in [9.17, 15) is 4.39 Å². The van der Waals surface area contributed by atoms with Crippen molar-refractivity contribution in [3.05, 3.63) is 0 Å². The predicted octanol–water partition coefficient (Wildman–Crippen LogP) is 2.50. The Balaban J connectivity index is 0.000000461. The normalized spacial score (nSPS) is 37.4. The zero-order chi connectivity index (χ0) is 8.85. The third-order valence-corrected chi connectivity index (χ3v) is 2.08. The number of hydrogen-bond donors (Lipinski definition) is 1. The maximum Gasteiger partial charge on any atom is 0.115 e. The maximum absolute atomic E-state index is 12.7. The van der Waals surface area contributed by atoms with Crippen LogP contribution in [0.3, 0.4) is 0 Å². The summed E-state index contributed by atoms with van der Waals surface area (Å²) in [5, 5.41) is 0. The summed E-state index contributed by atoms with van der Waals surface area (Å²) in [6.07, 6.45) is 1.89. The summed E-state index contributed by atoms with van der Waals surface area (Å²) >= 11 is 0. The molecule has 0 heterocycles. The van der Waals surface area contributed by atoms with Crippen molar-refractivity contribution in [2.45, 2.75) is 52.2 Å². The van der Waals surface area contributed by atoms with Gasteiger partial charge in [0.05, 0.1) is 0 Å². The summed E-state index contributed by atoms with van der Waals surface area (Å²) < 4.78 is 12.7. The van der Waals surface area contributed by atoms with E-state index >= 15 is 0 Å². The molecule has 0 aromatic rings. The number of hydrogen-bond acceptors (Lipinski definition) is 1. The highest BCUT2D eigenvalue weighted by Gasteiger charge is 2.24. The minimum Gasteiger partial charge on any atom is -0.325 e. The highest BCUT2D eigenvalue weighted by molar-refractivity contribution is 4.80. The van der Waals surface area contributed by atoms with Crippen molar-refractivity contribution >= 4 is 0 Å². The van der Waals surface area contributed by atoms with Crippen LogP contribution in [0.4, 0.5) is 4.39 Å². The van der Waals surface area contributed by atoms with Crippen molar-refractivity contribution in [2.24, 2.45) is 11.7 Å². The first-order valence-corrected chi connectivity index (χ1v) is 4.60. The van der Waals surface area contributed by atoms with Crippen molar-refractivity contribution < 1.29 is 4.39 Å². The molecular weight excluding hydrogens is 141 g/mol. The highest BCUT2D eigenvalue weighted by Crippen LogP contribution is 2.24. The largest absolute Gasteiger partial charge is 0.325 e. The molecule has 2 N–H and O–H groups in total. The van der Waals surface area contributed by atoms with Crippen LogP contribution in [0.25, 0.3) is 0 Å². The van der Waals surface area contributed by atoms with E-state index in [2.05, 4.69) is 6.92 Å². The summed E-state index contributed by atoms with van der Waals surface area (Å²) in [7, 11) is 0. The Morgan fingerprint density at radius 3 is 2.18 bits per heavy atom. The molecule has 68 valence electrons. The van der Waals surface area contributed by atoms with E-state index in [-0.39, 0.29) is 6.04 Å². The lowest BCUT2D eigenvalue weighted by molar-refractivity contribution is 0.179. The third-order valence-electron chi connectivity index (χ3n) is 2.08. The molecule has 1 rings (SSSR count). The summed E-state index contributed by atoms with van der Waals surface area (Å²) in [6, 6.07) is -0.179. The molecule has 0 amide bonds. The van der Waals surface area contributed by atoms with E-state index in [1.807, 2.05) is 13.8 Å². The van der Waals surface area contributed by atoms with Crippen LogP contribution in [0.1, 0.15) is 40.0 Å². The molecule has 1 aliphatic rings. The molecule has 0 radical (unpaired) electrons. The van der Waals surface area contributed by atoms with Gasteiger partial charge in [0.25, 0.3) is 0 Å². The molecule has 0 bridgehead atoms. The predicted molar refractivity (Wildman–Crippen MR) is 47.2 cm³/mol. The minimum absolute atomic E-state index is 0.179. The van der Waals surface area contributed by atoms with Gasteiger partial charge in [-0.2, -0.15) is 0 Å². The molecule has 0 spiro atoms. The zero-order valence-electron chi connectivity index (χ0n) is 7.81. The van der Waals surface area contributed by atoms with Crippen LogP contribution in [0, 0.1) is 5.92 Å². The van der Waals surface area contributed by atoms with Crippen molar-refractivity contribution in [1.29, 1.82) is 0 Å². The summed E-state index contributed by atoms with van der Waals surface area (Å²) in [4.78, 5) is 0. The van der Waals surface area contributed by atoms with Crippen molar-refractivity contribution in [1.82, 2.24) is 0 Å². The first-order chi connectivity index (χ1) is 5.20. The fourth-order valence-electron chi connectivity index (χ4n) is 1.33. The van der Waals surface area contributed by atoms with E-state index < -0.39 is 6.17 Å². The van der Waals surface area contributed by atoms with Gasteiger partial charge in [0, 0.05) is 6.04 Å². The molecule has 3 atom stereocenters. The quantitative estimate of drug-likeness (QED) is 0.580. The Morgan fingerprint density at radius 2 is 1.82 bits per heavy atom. The molecule has 0 aromatic heterocycles. The van der Waals surface area contributed by atoms with E-state index in [1.165, 1.54) is 0 Å². The monoisotopic (exact) mass is 161 g/mol. The molecule has 2 unspecified atom stereocenters. The molecule has 1 saturated carbocycles. The molecule has 11 heavy (non-hydrogen) atoms. The smallest absolute Gasteiger partial charge is 0.115 e. The Hall–Kier alpha value is -0.110. The van der Waals surface area contributed by atoms with Crippen LogP contribution in [0.15, 0.2) is 0 Å². The lowest BCUT2D eigenvalue weighted by Crippen LogP contribution is -2.36.